The van der Waals surface area contributed by atoms with Gasteiger partial charge in [0.1, 0.15) is 0 Å². The quantitative estimate of drug-likeness (QED) is 0.101. The first kappa shape index (κ1) is 55.4. The highest BCUT2D eigenvalue weighted by atomic mass is 15.2. The zero-order valence-corrected chi connectivity index (χ0v) is 50.3. The van der Waals surface area contributed by atoms with Crippen LogP contribution in [0.4, 0.5) is 51.2 Å². The summed E-state index contributed by atoms with van der Waals surface area (Å²) in [4.78, 5) is 7.36. The molecule has 0 saturated carbocycles. The Morgan fingerprint density at radius 3 is 0.540 bits per heavy atom. The minimum Gasteiger partial charge on any atom is -0.310 e. The molecule has 3 heteroatoms. The average Bonchev–Trinajstić information content (AvgIpc) is 3.32. The zero-order valence-electron chi connectivity index (χ0n) is 50.3. The van der Waals surface area contributed by atoms with Crippen molar-refractivity contribution < 1.29 is 0 Å². The van der Waals surface area contributed by atoms with Crippen molar-refractivity contribution in [2.24, 2.45) is 0 Å². The molecule has 0 aromatic heterocycles. The third-order valence-corrected chi connectivity index (χ3v) is 16.8. The summed E-state index contributed by atoms with van der Waals surface area (Å²) < 4.78 is 0. The van der Waals surface area contributed by atoms with Gasteiger partial charge in [-0.15, -0.1) is 0 Å². The van der Waals surface area contributed by atoms with Gasteiger partial charge in [0, 0.05) is 34.1 Å². The van der Waals surface area contributed by atoms with E-state index in [1.165, 1.54) is 83.5 Å². The number of nitrogens with zero attached hydrogens (tertiary/aromatic N) is 3. The second-order valence-electron chi connectivity index (χ2n) is 23.1. The number of hydrogen-bond acceptors (Lipinski definition) is 3. The topological polar surface area (TPSA) is 9.72 Å². The van der Waals surface area contributed by atoms with Gasteiger partial charge in [-0.3, -0.25) is 0 Å². The molecule has 0 atom stereocenters. The van der Waals surface area contributed by atoms with Gasteiger partial charge in [0.2, 0.25) is 0 Å². The zero-order chi connectivity index (χ0) is 59.4. The lowest BCUT2D eigenvalue weighted by atomic mass is 9.99. The lowest BCUT2D eigenvalue weighted by Crippen LogP contribution is -2.17. The fraction of sp³-hybridized carbons (Fsp3) is 0.0714. The maximum Gasteiger partial charge on any atom is 0.0503 e. The Labute approximate surface area is 514 Å². The van der Waals surface area contributed by atoms with Gasteiger partial charge in [0.15, 0.2) is 0 Å². The molecule has 0 bridgehead atoms. The number of anilines is 9. The van der Waals surface area contributed by atoms with E-state index in [0.717, 1.165) is 67.9 Å². The van der Waals surface area contributed by atoms with Gasteiger partial charge in [-0.2, -0.15) is 0 Å². The first-order valence-corrected chi connectivity index (χ1v) is 30.1. The van der Waals surface area contributed by atoms with Crippen LogP contribution in [-0.2, 0) is 0 Å². The summed E-state index contributed by atoms with van der Waals surface area (Å²) in [6.45, 7) is 13.2. The van der Waals surface area contributed by atoms with E-state index in [0.29, 0.717) is 0 Å². The fourth-order valence-corrected chi connectivity index (χ4v) is 12.3. The maximum atomic E-state index is 2.45. The molecule has 0 unspecified atom stereocenters. The van der Waals surface area contributed by atoms with Crippen molar-refractivity contribution >= 4 is 51.2 Å². The molecule has 13 aromatic rings. The lowest BCUT2D eigenvalue weighted by molar-refractivity contribution is 1.19. The second kappa shape index (κ2) is 24.5. The molecule has 0 spiro atoms. The van der Waals surface area contributed by atoms with Gasteiger partial charge < -0.3 is 14.7 Å². The van der Waals surface area contributed by atoms with Gasteiger partial charge in [0.25, 0.3) is 0 Å². The van der Waals surface area contributed by atoms with Crippen LogP contribution in [0.3, 0.4) is 0 Å². The van der Waals surface area contributed by atoms with Crippen molar-refractivity contribution in [2.75, 3.05) is 14.7 Å². The molecule has 420 valence electrons. The van der Waals surface area contributed by atoms with Crippen molar-refractivity contribution in [1.29, 1.82) is 0 Å². The highest BCUT2D eigenvalue weighted by Crippen LogP contribution is 2.48. The minimum absolute atomic E-state index is 1.02. The van der Waals surface area contributed by atoms with Gasteiger partial charge in [-0.05, 0) is 198 Å². The van der Waals surface area contributed by atoms with Crippen molar-refractivity contribution in [1.82, 2.24) is 0 Å². The lowest BCUT2D eigenvalue weighted by Gasteiger charge is -2.34. The Kier molecular flexibility index (Phi) is 15.6. The van der Waals surface area contributed by atoms with Crippen molar-refractivity contribution in [2.45, 2.75) is 41.5 Å². The van der Waals surface area contributed by atoms with Crippen molar-refractivity contribution in [3.8, 4) is 66.8 Å². The predicted octanol–water partition coefficient (Wildman–Crippen LogP) is 23.9. The van der Waals surface area contributed by atoms with E-state index >= 15 is 0 Å². The van der Waals surface area contributed by atoms with E-state index in [1.54, 1.807) is 0 Å². The summed E-state index contributed by atoms with van der Waals surface area (Å²) >= 11 is 0. The standard InChI is InChI=1S/C84H69N3/c1-58-22-49-82(61(4)52-58)85(76-43-37-73(38-44-76)70-31-25-67(26-32-70)64-16-10-7-11-17-64)79-55-80(86(83-50-23-59(2)53-62(83)5)77-45-39-74(40-46-77)71-33-27-68(28-34-71)65-18-12-8-13-19-65)57-81(56-79)87(84-51-24-60(3)54-63(84)6)78-47-41-75(42-48-78)72-35-29-69(30-36-72)66-20-14-9-15-21-66/h7-57H,1-6H3. The van der Waals surface area contributed by atoms with Crippen LogP contribution in [0, 0.1) is 41.5 Å². The first-order chi connectivity index (χ1) is 42.6. The van der Waals surface area contributed by atoms with Crippen molar-refractivity contribution in [3.63, 3.8) is 0 Å². The number of rotatable bonds is 15. The molecule has 0 radical (unpaired) electrons. The SMILES string of the molecule is Cc1ccc(N(c2ccc(-c3ccc(-c4ccccc4)cc3)cc2)c2cc(N(c3ccc(-c4ccc(-c5ccccc5)cc4)cc3)c3ccc(C)cc3C)cc(N(c3ccc(-c4ccc(-c5ccccc5)cc4)cc3)c3ccc(C)cc3C)c2)c(C)c1. The third kappa shape index (κ3) is 11.9. The molecule has 0 N–H and O–H groups in total. The molecule has 0 heterocycles. The third-order valence-electron chi connectivity index (χ3n) is 16.8. The van der Waals surface area contributed by atoms with Crippen LogP contribution in [0.15, 0.2) is 309 Å². The summed E-state index contributed by atoms with van der Waals surface area (Å²) in [5, 5.41) is 0. The predicted molar refractivity (Wildman–Crippen MR) is 372 cm³/mol. The van der Waals surface area contributed by atoms with Gasteiger partial charge in [-0.25, -0.2) is 0 Å². The fourth-order valence-electron chi connectivity index (χ4n) is 12.3. The second-order valence-corrected chi connectivity index (χ2v) is 23.1. The van der Waals surface area contributed by atoms with Crippen LogP contribution in [-0.4, -0.2) is 0 Å². The molecular weight excluding hydrogens is 1050 g/mol. The number of benzene rings is 13. The van der Waals surface area contributed by atoms with Gasteiger partial charge in [-0.1, -0.05) is 253 Å². The molecule has 13 aromatic carbocycles. The summed E-state index contributed by atoms with van der Waals surface area (Å²) in [7, 11) is 0. The van der Waals surface area contributed by atoms with Gasteiger partial charge >= 0.3 is 0 Å². The highest BCUT2D eigenvalue weighted by molar-refractivity contribution is 5.92. The largest absolute Gasteiger partial charge is 0.310 e. The molecule has 0 saturated heterocycles. The number of aryl methyl sites for hydroxylation is 6. The maximum absolute atomic E-state index is 2.45. The monoisotopic (exact) mass is 1120 g/mol. The Bertz CT molecular complexity index is 4020. The summed E-state index contributed by atoms with van der Waals surface area (Å²) in [6, 6.07) is 113. The summed E-state index contributed by atoms with van der Waals surface area (Å²) in [6.07, 6.45) is 0. The van der Waals surface area contributed by atoms with E-state index in [2.05, 4.69) is 366 Å². The van der Waals surface area contributed by atoms with Crippen LogP contribution in [0.2, 0.25) is 0 Å². The molecule has 0 aliphatic carbocycles. The van der Waals surface area contributed by atoms with Crippen LogP contribution in [0.1, 0.15) is 33.4 Å². The van der Waals surface area contributed by atoms with E-state index in [4.69, 9.17) is 0 Å². The van der Waals surface area contributed by atoms with Gasteiger partial charge in [0.05, 0.1) is 17.1 Å². The molecule has 0 aliphatic heterocycles. The highest BCUT2D eigenvalue weighted by Gasteiger charge is 2.25. The average molecular weight is 1120 g/mol. The van der Waals surface area contributed by atoms with E-state index < -0.39 is 0 Å². The van der Waals surface area contributed by atoms with Crippen molar-refractivity contribution in [3.05, 3.63) is 343 Å². The minimum atomic E-state index is 1.02. The number of hydrogen-bond donors (Lipinski definition) is 0. The molecule has 0 fully saturated rings. The Morgan fingerprint density at radius 2 is 0.345 bits per heavy atom. The molecule has 13 rings (SSSR count). The van der Waals surface area contributed by atoms with Crippen LogP contribution < -0.4 is 14.7 Å². The van der Waals surface area contributed by atoms with Crippen LogP contribution in [0.25, 0.3) is 66.8 Å². The summed E-state index contributed by atoms with van der Waals surface area (Å²) in [5.41, 5.74) is 30.9. The molecule has 87 heavy (non-hydrogen) atoms. The summed E-state index contributed by atoms with van der Waals surface area (Å²) in [5.74, 6) is 0. The Balaban J connectivity index is 0.991. The Morgan fingerprint density at radius 1 is 0.161 bits per heavy atom. The molecule has 3 nitrogen and oxygen atoms in total. The van der Waals surface area contributed by atoms with Crippen LogP contribution >= 0.6 is 0 Å². The normalized spacial score (nSPS) is 11.1. The first-order valence-electron chi connectivity index (χ1n) is 30.1. The molecular formula is C84H69N3. The Hall–Kier alpha value is -10.7. The molecule has 0 amide bonds. The smallest absolute Gasteiger partial charge is 0.0503 e. The van der Waals surface area contributed by atoms with Crippen LogP contribution in [0.5, 0.6) is 0 Å². The van der Waals surface area contributed by atoms with E-state index in [9.17, 15) is 0 Å². The van der Waals surface area contributed by atoms with E-state index in [-0.39, 0.29) is 0 Å². The van der Waals surface area contributed by atoms with E-state index in [1.807, 2.05) is 0 Å². The molecule has 0 aliphatic rings.